The molecule has 2 aromatic rings. The number of hydrogen-bond acceptors (Lipinski definition) is 11. The predicted molar refractivity (Wildman–Crippen MR) is 139 cm³/mol. The third kappa shape index (κ3) is 4.79. The topological polar surface area (TPSA) is 120 Å². The number of nitrogens with zero attached hydrogens (tertiary/aromatic N) is 3. The van der Waals surface area contributed by atoms with Gasteiger partial charge in [-0.15, -0.1) is 0 Å². The Bertz CT molecular complexity index is 1300. The van der Waals surface area contributed by atoms with Crippen LogP contribution in [0.3, 0.4) is 0 Å². The lowest BCUT2D eigenvalue weighted by Gasteiger charge is -2.32. The highest BCUT2D eigenvalue weighted by molar-refractivity contribution is 8.29. The molecule has 2 heterocycles. The van der Waals surface area contributed by atoms with Crippen LogP contribution in [0.25, 0.3) is 0 Å². The lowest BCUT2D eigenvalue weighted by molar-refractivity contribution is -0.137. The number of nitrogens with one attached hydrogen (secondary N) is 1. The molecule has 4 rings (SSSR count). The van der Waals surface area contributed by atoms with Gasteiger partial charge in [0.05, 0.1) is 58.5 Å². The second-order valence-electron chi connectivity index (χ2n) is 7.78. The molecule has 1 atom stereocenters. The van der Waals surface area contributed by atoms with E-state index in [1.165, 1.54) is 33.3 Å². The number of benzene rings is 2. The average Bonchev–Trinajstić information content (AvgIpc) is 3.24. The molecule has 0 spiro atoms. The van der Waals surface area contributed by atoms with Gasteiger partial charge in [-0.3, -0.25) is 15.1 Å². The Morgan fingerprint density at radius 2 is 1.65 bits per heavy atom. The fraction of sp³-hybridized carbons (Fsp3) is 0.280. The highest BCUT2D eigenvalue weighted by Crippen LogP contribution is 2.43. The standard InChI is InChI=1S/C25H26N4O7S/c1-13-19(24(31)36-6)20(14-7-9-16(32-2)10-8-14)29-23(30)22(37-25(29)26-13)28-27-15-11-17(33-3)21(35-5)18(12-15)34-4/h7-12,20,27H,1-6H3/b28-22-. The minimum atomic E-state index is -0.750. The number of hydrogen-bond donors (Lipinski definition) is 1. The van der Waals surface area contributed by atoms with Crippen molar-refractivity contribution in [1.82, 2.24) is 4.90 Å². The van der Waals surface area contributed by atoms with Crippen molar-refractivity contribution in [3.63, 3.8) is 0 Å². The van der Waals surface area contributed by atoms with Gasteiger partial charge < -0.3 is 23.7 Å². The Morgan fingerprint density at radius 1 is 1.00 bits per heavy atom. The SMILES string of the molecule is COC(=O)C1=C(C)N=C2S/C(=N\Nc3cc(OC)c(OC)c(OC)c3)C(=O)N2C1c1ccc(OC)cc1. The van der Waals surface area contributed by atoms with E-state index >= 15 is 0 Å². The van der Waals surface area contributed by atoms with E-state index in [0.29, 0.717) is 45.1 Å². The van der Waals surface area contributed by atoms with Crippen molar-refractivity contribution < 1.29 is 33.3 Å². The fourth-order valence-corrected chi connectivity index (χ4v) is 4.93. The van der Waals surface area contributed by atoms with Gasteiger partial charge >= 0.3 is 5.97 Å². The summed E-state index contributed by atoms with van der Waals surface area (Å²) >= 11 is 1.10. The average molecular weight is 527 g/mol. The normalized spacial score (nSPS) is 17.8. The zero-order valence-electron chi connectivity index (χ0n) is 21.1. The smallest absolute Gasteiger partial charge is 0.338 e. The first kappa shape index (κ1) is 25.9. The number of amidine groups is 1. The predicted octanol–water partition coefficient (Wildman–Crippen LogP) is 3.58. The Morgan fingerprint density at radius 3 is 2.19 bits per heavy atom. The third-order valence-electron chi connectivity index (χ3n) is 5.77. The van der Waals surface area contributed by atoms with Crippen LogP contribution in [-0.2, 0) is 14.3 Å². The molecule has 11 nitrogen and oxygen atoms in total. The lowest BCUT2D eigenvalue weighted by atomic mass is 9.94. The van der Waals surface area contributed by atoms with E-state index in [2.05, 4.69) is 15.5 Å². The van der Waals surface area contributed by atoms with Crippen molar-refractivity contribution >= 4 is 39.5 Å². The molecule has 2 aliphatic rings. The van der Waals surface area contributed by atoms with Crippen LogP contribution >= 0.6 is 11.8 Å². The van der Waals surface area contributed by atoms with Gasteiger partial charge in [0.25, 0.3) is 5.91 Å². The molecule has 1 saturated heterocycles. The second-order valence-corrected chi connectivity index (χ2v) is 8.74. The van der Waals surface area contributed by atoms with Crippen LogP contribution in [0.15, 0.2) is 57.8 Å². The molecule has 0 saturated carbocycles. The molecule has 0 aliphatic carbocycles. The Hall–Kier alpha value is -4.19. The van der Waals surface area contributed by atoms with Crippen LogP contribution < -0.4 is 24.4 Å². The molecular formula is C25H26N4O7S. The van der Waals surface area contributed by atoms with Gasteiger partial charge in [0, 0.05) is 12.1 Å². The van der Waals surface area contributed by atoms with Gasteiger partial charge in [0.2, 0.25) is 5.75 Å². The van der Waals surface area contributed by atoms with Crippen LogP contribution in [0.4, 0.5) is 5.69 Å². The first-order chi connectivity index (χ1) is 17.9. The molecule has 12 heteroatoms. The first-order valence-electron chi connectivity index (χ1n) is 11.0. The number of methoxy groups -OCH3 is 5. The van der Waals surface area contributed by atoms with Gasteiger partial charge in [-0.2, -0.15) is 5.10 Å². The fourth-order valence-electron chi connectivity index (χ4n) is 4.01. The summed E-state index contributed by atoms with van der Waals surface area (Å²) in [6.07, 6.45) is 0. The monoisotopic (exact) mass is 526 g/mol. The summed E-state index contributed by atoms with van der Waals surface area (Å²) in [4.78, 5) is 32.3. The van der Waals surface area contributed by atoms with E-state index in [1.807, 2.05) is 0 Å². The number of carbonyl (C=O) groups is 2. The number of thioether (sulfide) groups is 1. The molecule has 0 radical (unpaired) electrons. The summed E-state index contributed by atoms with van der Waals surface area (Å²) in [5.41, 5.74) is 4.81. The summed E-state index contributed by atoms with van der Waals surface area (Å²) in [5.74, 6) is 0.948. The molecule has 0 aromatic heterocycles. The quantitative estimate of drug-likeness (QED) is 0.406. The van der Waals surface area contributed by atoms with E-state index in [-0.39, 0.29) is 10.6 Å². The van der Waals surface area contributed by atoms with Gasteiger partial charge in [0.15, 0.2) is 21.7 Å². The number of esters is 1. The van der Waals surface area contributed by atoms with E-state index in [1.54, 1.807) is 50.4 Å². The highest BCUT2D eigenvalue weighted by Gasteiger charge is 2.46. The maximum Gasteiger partial charge on any atom is 0.338 e. The number of aliphatic imine (C=N–C) groups is 1. The summed E-state index contributed by atoms with van der Waals surface area (Å²) in [7, 11) is 7.38. The molecule has 194 valence electrons. The van der Waals surface area contributed by atoms with Crippen LogP contribution in [0, 0.1) is 0 Å². The molecule has 1 N–H and O–H groups in total. The number of allylic oxidation sites excluding steroid dienone is 1. The number of ether oxygens (including phenoxy) is 5. The van der Waals surface area contributed by atoms with Gasteiger partial charge in [-0.1, -0.05) is 12.1 Å². The maximum atomic E-state index is 13.6. The van der Waals surface area contributed by atoms with E-state index in [9.17, 15) is 9.59 Å². The molecule has 0 bridgehead atoms. The number of fused-ring (bicyclic) bond motifs is 1. The van der Waals surface area contributed by atoms with Gasteiger partial charge in [-0.25, -0.2) is 9.79 Å². The van der Waals surface area contributed by atoms with Crippen molar-refractivity contribution in [3.05, 3.63) is 53.2 Å². The maximum absolute atomic E-state index is 13.6. The van der Waals surface area contributed by atoms with E-state index in [0.717, 1.165) is 11.8 Å². The second kappa shape index (κ2) is 10.8. The highest BCUT2D eigenvalue weighted by atomic mass is 32.2. The Kier molecular flexibility index (Phi) is 7.58. The minimum Gasteiger partial charge on any atom is -0.497 e. The summed E-state index contributed by atoms with van der Waals surface area (Å²) in [5, 5.41) is 4.87. The third-order valence-corrected chi connectivity index (χ3v) is 6.70. The largest absolute Gasteiger partial charge is 0.497 e. The van der Waals surface area contributed by atoms with Crippen molar-refractivity contribution in [2.24, 2.45) is 10.1 Å². The van der Waals surface area contributed by atoms with Crippen molar-refractivity contribution in [2.45, 2.75) is 13.0 Å². The van der Waals surface area contributed by atoms with E-state index < -0.39 is 17.9 Å². The first-order valence-corrected chi connectivity index (χ1v) is 11.8. The molecular weight excluding hydrogens is 500 g/mol. The van der Waals surface area contributed by atoms with E-state index in [4.69, 9.17) is 23.7 Å². The Balaban J connectivity index is 1.70. The molecule has 1 amide bonds. The van der Waals surface area contributed by atoms with Crippen LogP contribution in [0.2, 0.25) is 0 Å². The summed E-state index contributed by atoms with van der Waals surface area (Å²) in [6.45, 7) is 1.71. The Labute approximate surface area is 218 Å². The van der Waals surface area contributed by atoms with Gasteiger partial charge in [0.1, 0.15) is 5.75 Å². The van der Waals surface area contributed by atoms with Crippen LogP contribution in [-0.4, -0.2) is 62.5 Å². The zero-order valence-corrected chi connectivity index (χ0v) is 22.0. The van der Waals surface area contributed by atoms with Gasteiger partial charge in [-0.05, 0) is 36.4 Å². The van der Waals surface area contributed by atoms with Crippen LogP contribution in [0.1, 0.15) is 18.5 Å². The van der Waals surface area contributed by atoms with Crippen molar-refractivity contribution in [3.8, 4) is 23.0 Å². The van der Waals surface area contributed by atoms with Crippen molar-refractivity contribution in [2.75, 3.05) is 41.0 Å². The number of amides is 1. The number of anilines is 1. The molecule has 37 heavy (non-hydrogen) atoms. The lowest BCUT2D eigenvalue weighted by Crippen LogP contribution is -2.40. The van der Waals surface area contributed by atoms with Crippen LogP contribution in [0.5, 0.6) is 23.0 Å². The summed E-state index contributed by atoms with van der Waals surface area (Å²) < 4.78 is 26.4. The molecule has 1 fully saturated rings. The minimum absolute atomic E-state index is 0.143. The van der Waals surface area contributed by atoms with Crippen molar-refractivity contribution in [1.29, 1.82) is 0 Å². The zero-order chi connectivity index (χ0) is 26.7. The number of hydrazone groups is 1. The number of rotatable bonds is 8. The molecule has 1 unspecified atom stereocenters. The number of carbonyl (C=O) groups excluding carboxylic acids is 2. The summed E-state index contributed by atoms with van der Waals surface area (Å²) in [6, 6.07) is 9.70. The molecule has 2 aromatic carbocycles. The molecule has 2 aliphatic heterocycles.